The highest BCUT2D eigenvalue weighted by Gasteiger charge is 2.27. The fourth-order valence-corrected chi connectivity index (χ4v) is 4.69. The zero-order valence-corrected chi connectivity index (χ0v) is 23.7. The number of amides is 2. The van der Waals surface area contributed by atoms with Crippen LogP contribution in [-0.2, 0) is 33.8 Å². The van der Waals surface area contributed by atoms with Gasteiger partial charge in [0, 0.05) is 20.0 Å². The number of urea groups is 1. The second-order valence-corrected chi connectivity index (χ2v) is 10.3. The van der Waals surface area contributed by atoms with Crippen molar-refractivity contribution in [2.24, 2.45) is 5.92 Å². The number of carbonyl (C=O) groups is 3. The maximum absolute atomic E-state index is 13.1. The van der Waals surface area contributed by atoms with Gasteiger partial charge in [-0.15, -0.1) is 0 Å². The molecule has 0 saturated carbocycles. The number of hydrogen-bond donors (Lipinski definition) is 2. The van der Waals surface area contributed by atoms with Crippen molar-refractivity contribution >= 4 is 18.0 Å². The maximum Gasteiger partial charge on any atom is 0.326 e. The summed E-state index contributed by atoms with van der Waals surface area (Å²) in [4.78, 5) is 39.6. The van der Waals surface area contributed by atoms with Crippen molar-refractivity contribution in [1.29, 1.82) is 0 Å². The van der Waals surface area contributed by atoms with Crippen molar-refractivity contribution in [2.45, 2.75) is 31.9 Å². The van der Waals surface area contributed by atoms with Crippen LogP contribution in [-0.4, -0.2) is 47.6 Å². The molecule has 2 atom stereocenters. The van der Waals surface area contributed by atoms with Gasteiger partial charge in [-0.2, -0.15) is 0 Å². The van der Waals surface area contributed by atoms with Gasteiger partial charge in [0.05, 0.1) is 5.92 Å². The zero-order valence-electron chi connectivity index (χ0n) is 23.7. The fourth-order valence-electron chi connectivity index (χ4n) is 4.69. The normalized spacial score (nSPS) is 12.1. The van der Waals surface area contributed by atoms with Crippen molar-refractivity contribution in [3.05, 3.63) is 132 Å². The number of rotatable bonds is 13. The van der Waals surface area contributed by atoms with Gasteiger partial charge in [-0.05, 0) is 40.7 Å². The molecular weight excluding hydrogens is 528 g/mol. The highest BCUT2D eigenvalue weighted by atomic mass is 16.5. The van der Waals surface area contributed by atoms with E-state index in [0.717, 1.165) is 27.8 Å². The topological polar surface area (TPSA) is 95.9 Å². The predicted octanol–water partition coefficient (Wildman–Crippen LogP) is 5.98. The van der Waals surface area contributed by atoms with Crippen LogP contribution < -0.4 is 5.32 Å². The van der Waals surface area contributed by atoms with Crippen LogP contribution in [0.5, 0.6) is 0 Å². The Morgan fingerprint density at radius 2 is 1.29 bits per heavy atom. The Kier molecular flexibility index (Phi) is 10.9. The van der Waals surface area contributed by atoms with Crippen LogP contribution in [0.15, 0.2) is 115 Å². The summed E-state index contributed by atoms with van der Waals surface area (Å²) in [6.07, 6.45) is 1.24. The smallest absolute Gasteiger partial charge is 0.326 e. The number of nitrogens with zero attached hydrogens (tertiary/aromatic N) is 1. The SMILES string of the molecule is CN(CC(CCc1ccccc1)C(=O)OCc1ccccc1)C(=O)N[C@@H](Cc1ccc(-c2ccccc2)cc1)C(=O)O. The lowest BCUT2D eigenvalue weighted by molar-refractivity contribution is -0.150. The summed E-state index contributed by atoms with van der Waals surface area (Å²) in [6, 6.07) is 35.1. The van der Waals surface area contributed by atoms with Gasteiger partial charge in [0.15, 0.2) is 0 Å². The van der Waals surface area contributed by atoms with Gasteiger partial charge in [0.25, 0.3) is 0 Å². The second kappa shape index (κ2) is 15.2. The molecule has 2 amide bonds. The molecule has 4 aromatic rings. The molecule has 216 valence electrons. The summed E-state index contributed by atoms with van der Waals surface area (Å²) in [7, 11) is 1.56. The lowest BCUT2D eigenvalue weighted by Gasteiger charge is -2.25. The van der Waals surface area contributed by atoms with Gasteiger partial charge in [-0.3, -0.25) is 4.79 Å². The first-order chi connectivity index (χ1) is 20.4. The van der Waals surface area contributed by atoms with E-state index in [1.165, 1.54) is 4.90 Å². The minimum Gasteiger partial charge on any atom is -0.480 e. The first kappa shape index (κ1) is 30.1. The number of benzene rings is 4. The van der Waals surface area contributed by atoms with Crippen molar-refractivity contribution in [2.75, 3.05) is 13.6 Å². The van der Waals surface area contributed by atoms with Crippen LogP contribution in [0.25, 0.3) is 11.1 Å². The first-order valence-corrected chi connectivity index (χ1v) is 14.0. The molecule has 4 rings (SSSR count). The summed E-state index contributed by atoms with van der Waals surface area (Å²) in [5.74, 6) is -2.12. The third-order valence-corrected chi connectivity index (χ3v) is 7.12. The molecule has 1 unspecified atom stereocenters. The molecule has 4 aromatic carbocycles. The number of aryl methyl sites for hydroxylation is 1. The van der Waals surface area contributed by atoms with E-state index >= 15 is 0 Å². The molecule has 0 aliphatic heterocycles. The number of carbonyl (C=O) groups excluding carboxylic acids is 2. The number of carboxylic acids is 1. The molecular formula is C35H36N2O5. The molecule has 0 radical (unpaired) electrons. The van der Waals surface area contributed by atoms with Crippen LogP contribution >= 0.6 is 0 Å². The Bertz CT molecular complexity index is 1430. The summed E-state index contributed by atoms with van der Waals surface area (Å²) in [5, 5.41) is 12.5. The number of hydrogen-bond acceptors (Lipinski definition) is 4. The van der Waals surface area contributed by atoms with Gasteiger partial charge in [0.2, 0.25) is 0 Å². The molecule has 42 heavy (non-hydrogen) atoms. The molecule has 7 heteroatoms. The van der Waals surface area contributed by atoms with Gasteiger partial charge < -0.3 is 20.1 Å². The molecule has 0 aliphatic rings. The van der Waals surface area contributed by atoms with Crippen molar-refractivity contribution in [1.82, 2.24) is 10.2 Å². The molecule has 0 bridgehead atoms. The van der Waals surface area contributed by atoms with Crippen LogP contribution in [0.1, 0.15) is 23.1 Å². The highest BCUT2D eigenvalue weighted by Crippen LogP contribution is 2.20. The van der Waals surface area contributed by atoms with Crippen LogP contribution in [0.2, 0.25) is 0 Å². The zero-order chi connectivity index (χ0) is 29.7. The minimum absolute atomic E-state index is 0.0877. The average Bonchev–Trinajstić information content (AvgIpc) is 3.03. The fraction of sp³-hybridized carbons (Fsp3) is 0.229. The molecule has 7 nitrogen and oxygen atoms in total. The molecule has 0 aliphatic carbocycles. The lowest BCUT2D eigenvalue weighted by atomic mass is 9.99. The van der Waals surface area contributed by atoms with Gasteiger partial charge in [-0.1, -0.05) is 115 Å². The van der Waals surface area contributed by atoms with Crippen LogP contribution in [0.3, 0.4) is 0 Å². The summed E-state index contributed by atoms with van der Waals surface area (Å²) < 4.78 is 5.61. The van der Waals surface area contributed by atoms with E-state index in [2.05, 4.69) is 5.32 Å². The molecule has 0 fully saturated rings. The first-order valence-electron chi connectivity index (χ1n) is 14.0. The number of ether oxygens (including phenoxy) is 1. The Morgan fingerprint density at radius 3 is 1.88 bits per heavy atom. The Morgan fingerprint density at radius 1 is 0.738 bits per heavy atom. The number of nitrogens with one attached hydrogen (secondary N) is 1. The van der Waals surface area contributed by atoms with E-state index in [9.17, 15) is 19.5 Å². The van der Waals surface area contributed by atoms with Crippen molar-refractivity contribution < 1.29 is 24.2 Å². The molecule has 2 N–H and O–H groups in total. The van der Waals surface area contributed by atoms with E-state index in [1.807, 2.05) is 115 Å². The third kappa shape index (κ3) is 9.06. The summed E-state index contributed by atoms with van der Waals surface area (Å²) >= 11 is 0. The molecule has 0 saturated heterocycles. The van der Waals surface area contributed by atoms with Crippen molar-refractivity contribution in [3.63, 3.8) is 0 Å². The molecule has 0 heterocycles. The summed E-state index contributed by atoms with van der Waals surface area (Å²) in [5.41, 5.74) is 4.83. The Balaban J connectivity index is 1.37. The lowest BCUT2D eigenvalue weighted by Crippen LogP contribution is -2.49. The number of aliphatic carboxylic acids is 1. The Labute approximate surface area is 246 Å². The van der Waals surface area contributed by atoms with E-state index in [1.54, 1.807) is 7.05 Å². The van der Waals surface area contributed by atoms with E-state index in [0.29, 0.717) is 12.8 Å². The quantitative estimate of drug-likeness (QED) is 0.195. The monoisotopic (exact) mass is 564 g/mol. The minimum atomic E-state index is -1.13. The highest BCUT2D eigenvalue weighted by molar-refractivity contribution is 5.83. The third-order valence-electron chi connectivity index (χ3n) is 7.12. The van der Waals surface area contributed by atoms with Crippen molar-refractivity contribution in [3.8, 4) is 11.1 Å². The largest absolute Gasteiger partial charge is 0.480 e. The van der Waals surface area contributed by atoms with Gasteiger partial charge in [0.1, 0.15) is 12.6 Å². The predicted molar refractivity (Wildman–Crippen MR) is 163 cm³/mol. The number of esters is 1. The van der Waals surface area contributed by atoms with E-state index in [4.69, 9.17) is 4.74 Å². The van der Waals surface area contributed by atoms with Crippen LogP contribution in [0, 0.1) is 5.92 Å². The molecule has 0 spiro atoms. The van der Waals surface area contributed by atoms with E-state index in [-0.39, 0.29) is 19.6 Å². The maximum atomic E-state index is 13.1. The molecule has 0 aromatic heterocycles. The van der Waals surface area contributed by atoms with Crippen LogP contribution in [0.4, 0.5) is 4.79 Å². The summed E-state index contributed by atoms with van der Waals surface area (Å²) in [6.45, 7) is 0.228. The van der Waals surface area contributed by atoms with Gasteiger partial charge >= 0.3 is 18.0 Å². The van der Waals surface area contributed by atoms with Gasteiger partial charge in [-0.25, -0.2) is 9.59 Å². The average molecular weight is 565 g/mol. The van der Waals surface area contributed by atoms with E-state index < -0.39 is 29.9 Å². The number of carboxylic acid groups (broad SMARTS) is 1. The second-order valence-electron chi connectivity index (χ2n) is 10.3. The Hall–Kier alpha value is -4.91. The standard InChI is InChI=1S/C35H36N2O5/c1-37(24-31(22-17-26-11-5-2-6-12-26)34(40)42-25-28-13-7-3-8-14-28)35(41)36-32(33(38)39)23-27-18-20-30(21-19-27)29-15-9-4-10-16-29/h2-16,18-21,31-32H,17,22-25H2,1H3,(H,36,41)(H,38,39)/t31?,32-/m0/s1.